The largest absolute Gasteiger partial charge is 0.493 e. The van der Waals surface area contributed by atoms with Gasteiger partial charge in [-0.15, -0.1) is 12.4 Å². The maximum atomic E-state index is 5.75. The van der Waals surface area contributed by atoms with E-state index in [0.717, 1.165) is 18.6 Å². The van der Waals surface area contributed by atoms with E-state index in [9.17, 15) is 0 Å². The molecule has 5 heteroatoms. The highest BCUT2D eigenvalue weighted by Crippen LogP contribution is 2.33. The summed E-state index contributed by atoms with van der Waals surface area (Å²) in [6.45, 7) is 0. The van der Waals surface area contributed by atoms with Crippen molar-refractivity contribution in [3.8, 4) is 17.2 Å². The maximum absolute atomic E-state index is 5.75. The minimum atomic E-state index is 0. The average molecular weight is 260 g/mol. The molecule has 1 aromatic carbocycles. The number of ether oxygens (including phenoxy) is 3. The van der Waals surface area contributed by atoms with Gasteiger partial charge in [-0.25, -0.2) is 0 Å². The summed E-state index contributed by atoms with van der Waals surface area (Å²) in [6.07, 6.45) is 2.09. The molecule has 1 aliphatic carbocycles. The smallest absolute Gasteiger partial charge is 0.164 e. The molecule has 0 amide bonds. The quantitative estimate of drug-likeness (QED) is 0.899. The van der Waals surface area contributed by atoms with Gasteiger partial charge in [-0.2, -0.15) is 0 Å². The van der Waals surface area contributed by atoms with Gasteiger partial charge in [0.1, 0.15) is 11.9 Å². The third-order valence-corrected chi connectivity index (χ3v) is 2.79. The zero-order valence-corrected chi connectivity index (χ0v) is 10.8. The van der Waals surface area contributed by atoms with Crippen LogP contribution in [0.3, 0.4) is 0 Å². The molecule has 4 nitrogen and oxygen atoms in total. The normalized spacial score (nSPS) is 22.1. The lowest BCUT2D eigenvalue weighted by molar-refractivity contribution is 0.100. The van der Waals surface area contributed by atoms with Gasteiger partial charge < -0.3 is 19.9 Å². The summed E-state index contributed by atoms with van der Waals surface area (Å²) in [7, 11) is 3.23. The molecule has 2 rings (SSSR count). The lowest BCUT2D eigenvalue weighted by Gasteiger charge is -2.32. The Morgan fingerprint density at radius 3 is 2.29 bits per heavy atom. The van der Waals surface area contributed by atoms with E-state index in [1.165, 1.54) is 0 Å². The Hall–Kier alpha value is -1.13. The molecule has 0 bridgehead atoms. The van der Waals surface area contributed by atoms with E-state index in [0.29, 0.717) is 17.5 Å². The van der Waals surface area contributed by atoms with Crippen LogP contribution in [0.1, 0.15) is 12.8 Å². The lowest BCUT2D eigenvalue weighted by atomic mass is 9.90. The first-order chi connectivity index (χ1) is 7.72. The van der Waals surface area contributed by atoms with E-state index in [2.05, 4.69) is 0 Å². The highest BCUT2D eigenvalue weighted by molar-refractivity contribution is 5.85. The van der Waals surface area contributed by atoms with Crippen molar-refractivity contribution in [2.45, 2.75) is 25.0 Å². The second kappa shape index (κ2) is 5.98. The van der Waals surface area contributed by atoms with Crippen LogP contribution in [-0.2, 0) is 0 Å². The first-order valence-electron chi connectivity index (χ1n) is 5.37. The van der Waals surface area contributed by atoms with Crippen LogP contribution >= 0.6 is 12.4 Å². The number of halogens is 1. The summed E-state index contributed by atoms with van der Waals surface area (Å²) in [6, 6.07) is 5.85. The molecule has 0 spiro atoms. The van der Waals surface area contributed by atoms with Crippen LogP contribution in [-0.4, -0.2) is 26.4 Å². The van der Waals surface area contributed by atoms with Gasteiger partial charge in [0, 0.05) is 12.1 Å². The average Bonchev–Trinajstić information content (AvgIpc) is 2.27. The molecular formula is C12H18ClNO3. The van der Waals surface area contributed by atoms with Gasteiger partial charge in [-0.1, -0.05) is 0 Å². The van der Waals surface area contributed by atoms with Gasteiger partial charge in [0.15, 0.2) is 11.5 Å². The van der Waals surface area contributed by atoms with Crippen LogP contribution in [0.15, 0.2) is 18.2 Å². The maximum Gasteiger partial charge on any atom is 0.164 e. The number of hydrogen-bond donors (Lipinski definition) is 1. The van der Waals surface area contributed by atoms with Gasteiger partial charge in [0.25, 0.3) is 0 Å². The summed E-state index contributed by atoms with van der Waals surface area (Å²) in [5, 5.41) is 0. The fourth-order valence-corrected chi connectivity index (χ4v) is 1.78. The Labute approximate surface area is 107 Å². The van der Waals surface area contributed by atoms with Gasteiger partial charge in [-0.05, 0) is 25.0 Å². The predicted octanol–water partition coefficient (Wildman–Crippen LogP) is 1.99. The monoisotopic (exact) mass is 259 g/mol. The number of hydrogen-bond acceptors (Lipinski definition) is 4. The van der Waals surface area contributed by atoms with Crippen molar-refractivity contribution in [2.75, 3.05) is 14.2 Å². The molecule has 17 heavy (non-hydrogen) atoms. The van der Waals surface area contributed by atoms with E-state index in [4.69, 9.17) is 19.9 Å². The summed E-state index contributed by atoms with van der Waals surface area (Å²) < 4.78 is 16.1. The summed E-state index contributed by atoms with van der Waals surface area (Å²) in [4.78, 5) is 0. The zero-order valence-electron chi connectivity index (χ0n) is 10.0. The molecule has 1 aliphatic rings. The van der Waals surface area contributed by atoms with Crippen LogP contribution in [0.4, 0.5) is 0 Å². The molecule has 0 atom stereocenters. The molecule has 1 aromatic rings. The third kappa shape index (κ3) is 3.17. The molecule has 0 radical (unpaired) electrons. The molecule has 96 valence electrons. The predicted molar refractivity (Wildman–Crippen MR) is 68.4 cm³/mol. The Bertz CT molecular complexity index is 367. The second-order valence-electron chi connectivity index (χ2n) is 3.99. The van der Waals surface area contributed by atoms with E-state index >= 15 is 0 Å². The minimum absolute atomic E-state index is 0. The van der Waals surface area contributed by atoms with Gasteiger partial charge in [-0.3, -0.25) is 0 Å². The van der Waals surface area contributed by atoms with E-state index in [-0.39, 0.29) is 18.5 Å². The van der Waals surface area contributed by atoms with Crippen molar-refractivity contribution in [1.29, 1.82) is 0 Å². The standard InChI is InChI=1S/C12H17NO3.ClH/c1-14-11-4-3-9(7-12(11)15-2)16-10-5-8(13)6-10;/h3-4,7-8,10H,5-6,13H2,1-2H3;1H. The zero-order chi connectivity index (χ0) is 11.5. The number of nitrogens with two attached hydrogens (primary N) is 1. The molecule has 2 N–H and O–H groups in total. The molecule has 0 aliphatic heterocycles. The van der Waals surface area contributed by atoms with Crippen LogP contribution in [0.2, 0.25) is 0 Å². The van der Waals surface area contributed by atoms with Crippen LogP contribution in [0.5, 0.6) is 17.2 Å². The number of methoxy groups -OCH3 is 2. The van der Waals surface area contributed by atoms with E-state index in [1.807, 2.05) is 18.2 Å². The Kier molecular flexibility index (Phi) is 4.90. The summed E-state index contributed by atoms with van der Waals surface area (Å²) in [5.74, 6) is 2.19. The van der Waals surface area contributed by atoms with Crippen molar-refractivity contribution in [2.24, 2.45) is 5.73 Å². The van der Waals surface area contributed by atoms with Gasteiger partial charge in [0.05, 0.1) is 14.2 Å². The topological polar surface area (TPSA) is 53.7 Å². The number of rotatable bonds is 4. The van der Waals surface area contributed by atoms with Crippen molar-refractivity contribution >= 4 is 12.4 Å². The molecule has 0 unspecified atom stereocenters. The third-order valence-electron chi connectivity index (χ3n) is 2.79. The summed E-state index contributed by atoms with van der Waals surface area (Å²) >= 11 is 0. The Balaban J connectivity index is 0.00000144. The molecule has 0 aromatic heterocycles. The molecular weight excluding hydrogens is 242 g/mol. The lowest BCUT2D eigenvalue weighted by Crippen LogP contribution is -2.43. The Morgan fingerprint density at radius 1 is 1.12 bits per heavy atom. The number of benzene rings is 1. The fraction of sp³-hybridized carbons (Fsp3) is 0.500. The second-order valence-corrected chi connectivity index (χ2v) is 3.99. The van der Waals surface area contributed by atoms with Crippen LogP contribution < -0.4 is 19.9 Å². The van der Waals surface area contributed by atoms with Crippen molar-refractivity contribution in [3.63, 3.8) is 0 Å². The molecule has 1 saturated carbocycles. The van der Waals surface area contributed by atoms with Gasteiger partial charge in [0.2, 0.25) is 0 Å². The highest BCUT2D eigenvalue weighted by atomic mass is 35.5. The molecule has 0 heterocycles. The van der Waals surface area contributed by atoms with Crippen LogP contribution in [0, 0.1) is 0 Å². The summed E-state index contributed by atoms with van der Waals surface area (Å²) in [5.41, 5.74) is 5.70. The SMILES string of the molecule is COc1ccc(OC2CC(N)C2)cc1OC.Cl. The molecule has 0 saturated heterocycles. The highest BCUT2D eigenvalue weighted by Gasteiger charge is 2.27. The fourth-order valence-electron chi connectivity index (χ4n) is 1.78. The van der Waals surface area contributed by atoms with E-state index < -0.39 is 0 Å². The first-order valence-corrected chi connectivity index (χ1v) is 5.37. The molecule has 1 fully saturated rings. The van der Waals surface area contributed by atoms with Crippen molar-refractivity contribution in [3.05, 3.63) is 18.2 Å². The van der Waals surface area contributed by atoms with Crippen molar-refractivity contribution in [1.82, 2.24) is 0 Å². The van der Waals surface area contributed by atoms with Crippen LogP contribution in [0.25, 0.3) is 0 Å². The first kappa shape index (κ1) is 13.9. The Morgan fingerprint density at radius 2 is 1.76 bits per heavy atom. The minimum Gasteiger partial charge on any atom is -0.493 e. The van der Waals surface area contributed by atoms with Crippen molar-refractivity contribution < 1.29 is 14.2 Å². The van der Waals surface area contributed by atoms with E-state index in [1.54, 1.807) is 14.2 Å². The van der Waals surface area contributed by atoms with Gasteiger partial charge >= 0.3 is 0 Å².